The van der Waals surface area contributed by atoms with E-state index in [-0.39, 0.29) is 25.2 Å². The number of halogens is 4. The quantitative estimate of drug-likeness (QED) is 0.596. The molecule has 0 saturated heterocycles. The van der Waals surface area contributed by atoms with E-state index >= 15 is 0 Å². The maximum Gasteiger partial charge on any atom is 0.522 e. The highest BCUT2D eigenvalue weighted by Crippen LogP contribution is 2.41. The second kappa shape index (κ2) is 9.36. The molecule has 2 N–H and O–H groups in total. The van der Waals surface area contributed by atoms with E-state index < -0.39 is 30.6 Å². The summed E-state index contributed by atoms with van der Waals surface area (Å²) in [5, 5.41) is 13.5. The molecular weight excluding hydrogens is 465 g/mol. The fraction of sp³-hybridized carbons (Fsp3) is 0.455. The molecule has 7 nitrogen and oxygen atoms in total. The molecule has 2 heterocycles. The van der Waals surface area contributed by atoms with Crippen LogP contribution in [0.15, 0.2) is 41.1 Å². The molecule has 0 spiro atoms. The van der Waals surface area contributed by atoms with Gasteiger partial charge in [0.1, 0.15) is 11.5 Å². The standard InChI is InChI=1S/C22H22ClF3N2O5/c1-11(28-20(30)19-9-17(29)16-8-13(23)3-5-18(16)32-19)2-4-14-10-27-21(31-14)12-6-15(7-12)33-22(24,25)26/h3,5,8,10,12,15,17,19,29H,1-2,4,6-7,9H2,(H,28,30)/t12-,15+,17-,19+/m1/s1. The van der Waals surface area contributed by atoms with E-state index in [0.717, 1.165) is 0 Å². The summed E-state index contributed by atoms with van der Waals surface area (Å²) in [5.74, 6) is 0.683. The second-order valence-electron chi connectivity index (χ2n) is 8.15. The molecule has 0 bridgehead atoms. The first-order chi connectivity index (χ1) is 15.6. The van der Waals surface area contributed by atoms with Gasteiger partial charge in [-0.1, -0.05) is 18.2 Å². The van der Waals surface area contributed by atoms with Gasteiger partial charge in [0.25, 0.3) is 5.91 Å². The highest BCUT2D eigenvalue weighted by atomic mass is 35.5. The topological polar surface area (TPSA) is 93.8 Å². The Morgan fingerprint density at radius 2 is 2.09 bits per heavy atom. The molecular formula is C22H22ClF3N2O5. The minimum absolute atomic E-state index is 0.0817. The van der Waals surface area contributed by atoms with Crippen LogP contribution in [0.2, 0.25) is 5.02 Å². The Morgan fingerprint density at radius 1 is 1.33 bits per heavy atom. The third-order valence-corrected chi connectivity index (χ3v) is 5.85. The first-order valence-electron chi connectivity index (χ1n) is 10.4. The molecule has 1 aromatic carbocycles. The Balaban J connectivity index is 1.23. The van der Waals surface area contributed by atoms with Crippen LogP contribution in [0.3, 0.4) is 0 Å². The molecule has 2 aromatic rings. The molecule has 1 aliphatic heterocycles. The number of ether oxygens (including phenoxy) is 2. The van der Waals surface area contributed by atoms with Gasteiger partial charge in [-0.05, 0) is 37.5 Å². The molecule has 1 aliphatic carbocycles. The summed E-state index contributed by atoms with van der Waals surface area (Å²) in [5.41, 5.74) is 0.967. The minimum Gasteiger partial charge on any atom is -0.480 e. The van der Waals surface area contributed by atoms with Crippen LogP contribution in [0.25, 0.3) is 0 Å². The van der Waals surface area contributed by atoms with Crippen LogP contribution in [-0.2, 0) is 16.0 Å². The number of fused-ring (bicyclic) bond motifs is 1. The van der Waals surface area contributed by atoms with Crippen molar-refractivity contribution in [2.45, 2.75) is 62.7 Å². The molecule has 1 amide bonds. The molecule has 0 unspecified atom stereocenters. The summed E-state index contributed by atoms with van der Waals surface area (Å²) in [6, 6.07) is 4.83. The molecule has 2 aliphatic rings. The lowest BCUT2D eigenvalue weighted by atomic mass is 9.82. The number of benzene rings is 1. The zero-order chi connectivity index (χ0) is 23.8. The van der Waals surface area contributed by atoms with Crippen LogP contribution in [0, 0.1) is 0 Å². The van der Waals surface area contributed by atoms with Gasteiger partial charge in [0, 0.05) is 35.0 Å². The Kier molecular flexibility index (Phi) is 6.69. The fourth-order valence-corrected chi connectivity index (χ4v) is 4.03. The van der Waals surface area contributed by atoms with Crippen LogP contribution in [0.1, 0.15) is 54.9 Å². The lowest BCUT2D eigenvalue weighted by Gasteiger charge is -2.33. The zero-order valence-corrected chi connectivity index (χ0v) is 18.2. The number of hydrogen-bond donors (Lipinski definition) is 2. The number of aliphatic hydroxyl groups excluding tert-OH is 1. The second-order valence-corrected chi connectivity index (χ2v) is 8.59. The van der Waals surface area contributed by atoms with Crippen LogP contribution in [0.5, 0.6) is 5.75 Å². The van der Waals surface area contributed by atoms with Crippen molar-refractivity contribution in [3.05, 3.63) is 58.9 Å². The van der Waals surface area contributed by atoms with Crippen molar-refractivity contribution in [1.29, 1.82) is 0 Å². The van der Waals surface area contributed by atoms with E-state index in [2.05, 4.69) is 21.6 Å². The molecule has 2 atom stereocenters. The van der Waals surface area contributed by atoms with Gasteiger partial charge in [-0.15, -0.1) is 13.2 Å². The predicted molar refractivity (Wildman–Crippen MR) is 110 cm³/mol. The van der Waals surface area contributed by atoms with Crippen molar-refractivity contribution in [2.24, 2.45) is 0 Å². The summed E-state index contributed by atoms with van der Waals surface area (Å²) in [6.45, 7) is 3.84. The number of oxazole rings is 1. The highest BCUT2D eigenvalue weighted by molar-refractivity contribution is 6.30. The molecule has 33 heavy (non-hydrogen) atoms. The van der Waals surface area contributed by atoms with Gasteiger partial charge in [-0.25, -0.2) is 4.98 Å². The van der Waals surface area contributed by atoms with Gasteiger partial charge in [-0.2, -0.15) is 0 Å². The third-order valence-electron chi connectivity index (χ3n) is 5.62. The van der Waals surface area contributed by atoms with Gasteiger partial charge in [-0.3, -0.25) is 9.53 Å². The number of aliphatic hydroxyl groups is 1. The Morgan fingerprint density at radius 3 is 2.82 bits per heavy atom. The molecule has 0 radical (unpaired) electrons. The van der Waals surface area contributed by atoms with Crippen molar-refractivity contribution in [3.8, 4) is 5.75 Å². The van der Waals surface area contributed by atoms with Gasteiger partial charge in [0.05, 0.1) is 18.4 Å². The Labute approximate surface area is 192 Å². The number of aryl methyl sites for hydroxylation is 1. The van der Waals surface area contributed by atoms with Crippen LogP contribution in [0.4, 0.5) is 13.2 Å². The largest absolute Gasteiger partial charge is 0.522 e. The van der Waals surface area contributed by atoms with Gasteiger partial charge in [0.15, 0.2) is 12.0 Å². The Bertz CT molecular complexity index is 1040. The number of amides is 1. The van der Waals surface area contributed by atoms with E-state index in [0.29, 0.717) is 46.5 Å². The first kappa shape index (κ1) is 23.6. The molecule has 1 fully saturated rings. The number of hydrogen-bond acceptors (Lipinski definition) is 6. The SMILES string of the molecule is C=C(CCc1cnc([C@H]2C[C@@H](OC(F)(F)F)C2)o1)NC(=O)[C@@H]1C[C@@H](O)c2cc(Cl)ccc2O1. The summed E-state index contributed by atoms with van der Waals surface area (Å²) in [4.78, 5) is 16.7. The number of nitrogens with one attached hydrogen (secondary N) is 1. The van der Waals surface area contributed by atoms with E-state index in [9.17, 15) is 23.1 Å². The maximum atomic E-state index is 12.5. The zero-order valence-electron chi connectivity index (χ0n) is 17.4. The monoisotopic (exact) mass is 486 g/mol. The number of nitrogens with zero attached hydrogens (tertiary/aromatic N) is 1. The number of aromatic nitrogens is 1. The van der Waals surface area contributed by atoms with Gasteiger partial charge >= 0.3 is 6.36 Å². The smallest absolute Gasteiger partial charge is 0.480 e. The lowest BCUT2D eigenvalue weighted by Crippen LogP contribution is -2.41. The molecule has 1 saturated carbocycles. The molecule has 11 heteroatoms. The van der Waals surface area contributed by atoms with Gasteiger partial charge in [0.2, 0.25) is 0 Å². The summed E-state index contributed by atoms with van der Waals surface area (Å²) < 4.78 is 52.0. The van der Waals surface area contributed by atoms with E-state index in [1.807, 2.05) is 0 Å². The van der Waals surface area contributed by atoms with E-state index in [1.54, 1.807) is 18.2 Å². The number of rotatable bonds is 7. The summed E-state index contributed by atoms with van der Waals surface area (Å²) in [7, 11) is 0. The van der Waals surface area contributed by atoms with E-state index in [1.165, 1.54) is 6.20 Å². The van der Waals surface area contributed by atoms with Crippen molar-refractivity contribution >= 4 is 17.5 Å². The van der Waals surface area contributed by atoms with Crippen LogP contribution in [-0.4, -0.2) is 34.6 Å². The van der Waals surface area contributed by atoms with Crippen molar-refractivity contribution in [2.75, 3.05) is 0 Å². The molecule has 178 valence electrons. The number of carbonyl (C=O) groups is 1. The fourth-order valence-electron chi connectivity index (χ4n) is 3.85. The van der Waals surface area contributed by atoms with Crippen LogP contribution >= 0.6 is 11.6 Å². The number of alkyl halides is 3. The predicted octanol–water partition coefficient (Wildman–Crippen LogP) is 4.56. The van der Waals surface area contributed by atoms with Crippen LogP contribution < -0.4 is 10.1 Å². The normalized spacial score (nSPS) is 24.4. The molecule has 4 rings (SSSR count). The van der Waals surface area contributed by atoms with Crippen molar-refractivity contribution < 1.29 is 37.0 Å². The van der Waals surface area contributed by atoms with Crippen molar-refractivity contribution in [1.82, 2.24) is 10.3 Å². The highest BCUT2D eigenvalue weighted by Gasteiger charge is 2.42. The molecule has 1 aromatic heterocycles. The van der Waals surface area contributed by atoms with Gasteiger partial charge < -0.3 is 19.6 Å². The Hall–Kier alpha value is -2.56. The van der Waals surface area contributed by atoms with Crippen molar-refractivity contribution in [3.63, 3.8) is 0 Å². The summed E-state index contributed by atoms with van der Waals surface area (Å²) >= 11 is 5.94. The third kappa shape index (κ3) is 5.87. The minimum atomic E-state index is -4.64. The first-order valence-corrected chi connectivity index (χ1v) is 10.8. The lowest BCUT2D eigenvalue weighted by molar-refractivity contribution is -0.352. The maximum absolute atomic E-state index is 12.5. The van der Waals surface area contributed by atoms with E-state index in [4.69, 9.17) is 20.8 Å². The average Bonchev–Trinajstić information content (AvgIpc) is 3.17. The average molecular weight is 487 g/mol. The number of carbonyl (C=O) groups excluding carboxylic acids is 1. The summed E-state index contributed by atoms with van der Waals surface area (Å²) in [6.07, 6.45) is -4.50. The number of allylic oxidation sites excluding steroid dienone is 1.